The number of dihydropyridines is 2. The first-order valence-electron chi connectivity index (χ1n) is 13.0. The van der Waals surface area contributed by atoms with Crippen LogP contribution in [0.25, 0.3) is 0 Å². The van der Waals surface area contributed by atoms with Crippen molar-refractivity contribution < 1.29 is 4.48 Å². The number of halogens is 2. The van der Waals surface area contributed by atoms with Crippen LogP contribution in [0.3, 0.4) is 0 Å². The molecule has 0 aromatic heterocycles. The van der Waals surface area contributed by atoms with Crippen LogP contribution in [0.1, 0.15) is 90.9 Å². The Bertz CT molecular complexity index is 763. The zero-order chi connectivity index (χ0) is 22.5. The Morgan fingerprint density at radius 3 is 1.74 bits per heavy atom. The Kier molecular flexibility index (Phi) is 15.8. The summed E-state index contributed by atoms with van der Waals surface area (Å²) in [6.45, 7) is 11.9. The van der Waals surface area contributed by atoms with Crippen LogP contribution in [0.15, 0.2) is 50.0 Å². The van der Waals surface area contributed by atoms with Gasteiger partial charge in [0.05, 0.1) is 49.0 Å². The lowest BCUT2D eigenvalue weighted by Gasteiger charge is -2.40. The monoisotopic (exact) mass is 595 g/mol. The summed E-state index contributed by atoms with van der Waals surface area (Å²) in [4.78, 5) is 13.8. The number of unbranched alkanes of at least 4 members (excludes halogenated alkanes) is 8. The molecule has 0 fully saturated rings. The van der Waals surface area contributed by atoms with Gasteiger partial charge in [0.25, 0.3) is 5.84 Å². The van der Waals surface area contributed by atoms with Crippen LogP contribution in [-0.4, -0.2) is 42.4 Å². The highest BCUT2D eigenvalue weighted by atomic mass is 79.9. The quantitative estimate of drug-likeness (QED) is 0.110. The molecular formula is C28H45Br2N4+3. The maximum atomic E-state index is 5.17. The number of hydrogen-bond donors (Lipinski definition) is 0. The molecule has 188 valence electrons. The van der Waals surface area contributed by atoms with Gasteiger partial charge in [-0.1, -0.05) is 52.4 Å². The molecule has 0 N–H and O–H groups in total. The van der Waals surface area contributed by atoms with E-state index in [1.807, 2.05) is 25.5 Å². The molecule has 34 heavy (non-hydrogen) atoms. The number of rotatable bonds is 14. The Labute approximate surface area is 229 Å². The molecule has 0 atom stereocenters. The highest BCUT2D eigenvalue weighted by molar-refractivity contribution is 8.93. The molecule has 0 amide bonds. The minimum absolute atomic E-state index is 0. The van der Waals surface area contributed by atoms with Crippen molar-refractivity contribution >= 4 is 52.2 Å². The SMILES string of the molecule is Br.Br.CCCCCCC[N+]1(CCCCCCC)CC(C2=C[CH+]N=CC2)=CN=C1C1=C[CH+]N=CC1. The van der Waals surface area contributed by atoms with Crippen molar-refractivity contribution in [1.29, 1.82) is 0 Å². The van der Waals surface area contributed by atoms with Gasteiger partial charge in [0.15, 0.2) is 0 Å². The third-order valence-electron chi connectivity index (χ3n) is 6.90. The first-order chi connectivity index (χ1) is 15.8. The van der Waals surface area contributed by atoms with E-state index in [-0.39, 0.29) is 34.0 Å². The zero-order valence-electron chi connectivity index (χ0n) is 21.3. The minimum atomic E-state index is 0. The number of amidine groups is 1. The van der Waals surface area contributed by atoms with E-state index in [1.165, 1.54) is 99.9 Å². The van der Waals surface area contributed by atoms with Gasteiger partial charge >= 0.3 is 0 Å². The molecule has 4 nitrogen and oxygen atoms in total. The van der Waals surface area contributed by atoms with E-state index >= 15 is 0 Å². The Morgan fingerprint density at radius 1 is 0.706 bits per heavy atom. The van der Waals surface area contributed by atoms with Gasteiger partial charge in [-0.2, -0.15) is 4.99 Å². The van der Waals surface area contributed by atoms with Crippen LogP contribution >= 0.6 is 34.0 Å². The molecule has 3 aliphatic rings. The lowest BCUT2D eigenvalue weighted by Crippen LogP contribution is -2.57. The first kappa shape index (κ1) is 30.9. The van der Waals surface area contributed by atoms with E-state index in [1.54, 1.807) is 0 Å². The maximum Gasteiger partial charge on any atom is 0.288 e. The molecular weight excluding hydrogens is 552 g/mol. The summed E-state index contributed by atoms with van der Waals surface area (Å²) in [5, 5.41) is 0. The van der Waals surface area contributed by atoms with E-state index in [0.717, 1.165) is 23.9 Å². The van der Waals surface area contributed by atoms with Crippen molar-refractivity contribution in [2.24, 2.45) is 15.0 Å². The molecule has 3 aliphatic heterocycles. The predicted octanol–water partition coefficient (Wildman–Crippen LogP) is 8.32. The summed E-state index contributed by atoms with van der Waals surface area (Å²) in [5.74, 6) is 1.29. The van der Waals surface area contributed by atoms with Gasteiger partial charge in [-0.15, -0.1) is 43.9 Å². The number of nitrogens with zero attached hydrogens (tertiary/aromatic N) is 4. The van der Waals surface area contributed by atoms with Gasteiger partial charge in [-0.25, -0.2) is 0 Å². The summed E-state index contributed by atoms with van der Waals surface area (Å²) in [5.41, 5.74) is 4.13. The molecule has 0 aromatic carbocycles. The summed E-state index contributed by atoms with van der Waals surface area (Å²) >= 11 is 0. The van der Waals surface area contributed by atoms with Crippen LogP contribution in [0.5, 0.6) is 0 Å². The molecule has 0 saturated heterocycles. The minimum Gasteiger partial charge on any atom is -0.258 e. The van der Waals surface area contributed by atoms with Crippen LogP contribution in [0.4, 0.5) is 0 Å². The summed E-state index contributed by atoms with van der Waals surface area (Å²) in [6.07, 6.45) is 25.6. The molecule has 6 heteroatoms. The normalized spacial score (nSPS) is 18.3. The van der Waals surface area contributed by atoms with Crippen molar-refractivity contribution in [3.63, 3.8) is 0 Å². The van der Waals surface area contributed by atoms with Crippen LogP contribution in [-0.2, 0) is 0 Å². The largest absolute Gasteiger partial charge is 0.288 e. The van der Waals surface area contributed by atoms with Gasteiger partial charge in [0.1, 0.15) is 44.1 Å². The van der Waals surface area contributed by atoms with Crippen LogP contribution in [0.2, 0.25) is 0 Å². The third kappa shape index (κ3) is 9.16. The van der Waals surface area contributed by atoms with Crippen LogP contribution < -0.4 is 0 Å². The van der Waals surface area contributed by atoms with E-state index in [2.05, 4.69) is 42.2 Å². The van der Waals surface area contributed by atoms with Gasteiger partial charge < -0.3 is 0 Å². The molecule has 0 unspecified atom stereocenters. The molecule has 0 spiro atoms. The fraction of sp³-hybridized carbons (Fsp3) is 0.607. The average molecular weight is 598 g/mol. The highest BCUT2D eigenvalue weighted by Crippen LogP contribution is 2.31. The fourth-order valence-electron chi connectivity index (χ4n) is 5.02. The van der Waals surface area contributed by atoms with E-state index in [0.29, 0.717) is 0 Å². The summed E-state index contributed by atoms with van der Waals surface area (Å²) in [7, 11) is 0. The Morgan fingerprint density at radius 2 is 1.24 bits per heavy atom. The van der Waals surface area contributed by atoms with Gasteiger partial charge in [-0.05, 0) is 25.7 Å². The van der Waals surface area contributed by atoms with Gasteiger partial charge in [0, 0.05) is 0 Å². The Balaban J connectivity index is 0.00000289. The van der Waals surface area contributed by atoms with E-state index in [4.69, 9.17) is 4.99 Å². The second kappa shape index (κ2) is 17.3. The zero-order valence-corrected chi connectivity index (χ0v) is 24.7. The maximum absolute atomic E-state index is 5.17. The second-order valence-electron chi connectivity index (χ2n) is 9.44. The van der Waals surface area contributed by atoms with E-state index in [9.17, 15) is 0 Å². The Hall–Kier alpha value is -1.11. The van der Waals surface area contributed by atoms with Crippen molar-refractivity contribution in [2.45, 2.75) is 90.9 Å². The molecule has 3 heterocycles. The topological polar surface area (TPSA) is 37.1 Å². The lowest BCUT2D eigenvalue weighted by atomic mass is 9.96. The predicted molar refractivity (Wildman–Crippen MR) is 160 cm³/mol. The van der Waals surface area contributed by atoms with Gasteiger partial charge in [0.2, 0.25) is 0 Å². The van der Waals surface area contributed by atoms with Gasteiger partial charge in [-0.3, -0.25) is 4.48 Å². The smallest absolute Gasteiger partial charge is 0.258 e. The standard InChI is InChI=1S/C28H43N4.2BrH/c1-3-5-7-9-11-21-32(22-12-10-8-6-4-2)24-27(25-13-17-29-18-14-25)23-31-28(32)26-15-19-30-20-16-26;;/h13,15,17-20,23H,3-12,14,16,21-22,24H2,1-2H3;2*1H/q+3;;. The number of hydrogen-bond acceptors (Lipinski definition) is 3. The highest BCUT2D eigenvalue weighted by Gasteiger charge is 2.43. The van der Waals surface area contributed by atoms with Crippen LogP contribution in [0, 0.1) is 13.1 Å². The summed E-state index contributed by atoms with van der Waals surface area (Å²) in [6, 6.07) is 0. The second-order valence-corrected chi connectivity index (χ2v) is 9.44. The van der Waals surface area contributed by atoms with Crippen molar-refractivity contribution in [1.82, 2.24) is 0 Å². The van der Waals surface area contributed by atoms with Crippen molar-refractivity contribution in [3.8, 4) is 0 Å². The fourth-order valence-corrected chi connectivity index (χ4v) is 5.02. The number of quaternary nitrogens is 1. The first-order valence-corrected chi connectivity index (χ1v) is 13.0. The lowest BCUT2D eigenvalue weighted by molar-refractivity contribution is -0.837. The molecule has 0 saturated carbocycles. The molecule has 0 aliphatic carbocycles. The van der Waals surface area contributed by atoms with Crippen molar-refractivity contribution in [3.05, 3.63) is 48.2 Å². The molecule has 3 rings (SSSR count). The molecule has 0 aromatic rings. The third-order valence-corrected chi connectivity index (χ3v) is 6.90. The van der Waals surface area contributed by atoms with Crippen molar-refractivity contribution in [2.75, 3.05) is 19.6 Å². The molecule has 0 bridgehead atoms. The summed E-state index contributed by atoms with van der Waals surface area (Å²) < 4.78 is 1.01. The number of aliphatic imine (C=N–C) groups is 3. The van der Waals surface area contributed by atoms with E-state index < -0.39 is 0 Å². The average Bonchev–Trinajstić information content (AvgIpc) is 2.85. The molecule has 0 radical (unpaired) electrons.